The van der Waals surface area contributed by atoms with Gasteiger partial charge < -0.3 is 5.32 Å². The molecule has 82 valence electrons. The summed E-state index contributed by atoms with van der Waals surface area (Å²) in [5, 5.41) is 2.82. The Bertz CT molecular complexity index is 338. The lowest BCUT2D eigenvalue weighted by atomic mass is 10.1. The van der Waals surface area contributed by atoms with Gasteiger partial charge in [0, 0.05) is 6.42 Å². The first-order valence-corrected chi connectivity index (χ1v) is 5.18. The summed E-state index contributed by atoms with van der Waals surface area (Å²) >= 11 is 0. The Labute approximate surface area is 89.5 Å². The minimum absolute atomic E-state index is 0.00858. The highest BCUT2D eigenvalue weighted by molar-refractivity contribution is 5.76. The van der Waals surface area contributed by atoms with Gasteiger partial charge >= 0.3 is 0 Å². The van der Waals surface area contributed by atoms with E-state index >= 15 is 0 Å². The normalized spacial score (nSPS) is 12.2. The molecule has 0 radical (unpaired) electrons. The van der Waals surface area contributed by atoms with Crippen LogP contribution in [0.1, 0.15) is 38.3 Å². The lowest BCUT2D eigenvalue weighted by Crippen LogP contribution is -2.26. The van der Waals surface area contributed by atoms with E-state index < -0.39 is 0 Å². The van der Waals surface area contributed by atoms with Crippen molar-refractivity contribution in [3.63, 3.8) is 0 Å². The highest BCUT2D eigenvalue weighted by atomic mass is 19.1. The minimum Gasteiger partial charge on any atom is -0.350 e. The molecule has 0 aliphatic heterocycles. The monoisotopic (exact) mass is 209 g/mol. The zero-order valence-corrected chi connectivity index (χ0v) is 9.09. The number of hydrogen-bond acceptors (Lipinski definition) is 1. The van der Waals surface area contributed by atoms with Crippen LogP contribution in [-0.4, -0.2) is 5.91 Å². The van der Waals surface area contributed by atoms with Gasteiger partial charge in [0.05, 0.1) is 6.04 Å². The van der Waals surface area contributed by atoms with Crippen LogP contribution in [0.4, 0.5) is 4.39 Å². The second kappa shape index (κ2) is 5.49. The zero-order valence-electron chi connectivity index (χ0n) is 9.09. The lowest BCUT2D eigenvalue weighted by Gasteiger charge is -2.13. The molecule has 1 amide bonds. The topological polar surface area (TPSA) is 29.1 Å². The van der Waals surface area contributed by atoms with Crippen LogP contribution in [-0.2, 0) is 4.79 Å². The first-order valence-electron chi connectivity index (χ1n) is 5.18. The van der Waals surface area contributed by atoms with Crippen molar-refractivity contribution >= 4 is 5.91 Å². The summed E-state index contributed by atoms with van der Waals surface area (Å²) in [6, 6.07) is 6.15. The highest BCUT2D eigenvalue weighted by Crippen LogP contribution is 2.13. The number of carbonyl (C=O) groups is 1. The van der Waals surface area contributed by atoms with E-state index in [0.717, 1.165) is 12.0 Å². The molecule has 0 unspecified atom stereocenters. The van der Waals surface area contributed by atoms with Gasteiger partial charge in [-0.05, 0) is 31.0 Å². The van der Waals surface area contributed by atoms with Crippen molar-refractivity contribution < 1.29 is 9.18 Å². The fourth-order valence-electron chi connectivity index (χ4n) is 1.40. The summed E-state index contributed by atoms with van der Waals surface area (Å²) in [6.45, 7) is 3.80. The van der Waals surface area contributed by atoms with E-state index in [4.69, 9.17) is 0 Å². The van der Waals surface area contributed by atoms with E-state index in [1.807, 2.05) is 13.8 Å². The van der Waals surface area contributed by atoms with Gasteiger partial charge in [-0.1, -0.05) is 19.1 Å². The molecule has 1 aromatic carbocycles. The maximum absolute atomic E-state index is 12.9. The first-order chi connectivity index (χ1) is 7.13. The second-order valence-electron chi connectivity index (χ2n) is 3.59. The van der Waals surface area contributed by atoms with Crippen LogP contribution in [0.5, 0.6) is 0 Å². The highest BCUT2D eigenvalue weighted by Gasteiger charge is 2.08. The molecule has 1 aromatic rings. The van der Waals surface area contributed by atoms with E-state index in [0.29, 0.717) is 6.42 Å². The number of nitrogens with one attached hydrogen (secondary N) is 1. The van der Waals surface area contributed by atoms with E-state index in [1.54, 1.807) is 12.1 Å². The Morgan fingerprint density at radius 2 is 2.27 bits per heavy atom. The van der Waals surface area contributed by atoms with E-state index in [2.05, 4.69) is 5.32 Å². The number of hydrogen-bond donors (Lipinski definition) is 1. The fourth-order valence-corrected chi connectivity index (χ4v) is 1.40. The Hall–Kier alpha value is -1.38. The molecule has 0 aromatic heterocycles. The van der Waals surface area contributed by atoms with Crippen molar-refractivity contribution in [3.8, 4) is 0 Å². The summed E-state index contributed by atoms with van der Waals surface area (Å²) < 4.78 is 12.9. The predicted octanol–water partition coefficient (Wildman–Crippen LogP) is 2.80. The molecule has 1 N–H and O–H groups in total. The standard InChI is InChI=1S/C12H16FNO/c1-3-5-12(15)14-9(2)10-6-4-7-11(13)8-10/h4,6-9H,3,5H2,1-2H3,(H,14,15)/t9-/m0/s1. The van der Waals surface area contributed by atoms with Gasteiger partial charge in [0.2, 0.25) is 5.91 Å². The smallest absolute Gasteiger partial charge is 0.220 e. The average Bonchev–Trinajstić information content (AvgIpc) is 2.18. The summed E-state index contributed by atoms with van der Waals surface area (Å²) in [7, 11) is 0. The summed E-state index contributed by atoms with van der Waals surface area (Å²) in [5.41, 5.74) is 0.791. The maximum Gasteiger partial charge on any atom is 0.220 e. The van der Waals surface area contributed by atoms with Crippen LogP contribution in [0.3, 0.4) is 0 Å². The Kier molecular flexibility index (Phi) is 4.28. The Morgan fingerprint density at radius 1 is 1.53 bits per heavy atom. The van der Waals surface area contributed by atoms with Crippen LogP contribution in [0, 0.1) is 5.82 Å². The van der Waals surface area contributed by atoms with Crippen LogP contribution in [0.15, 0.2) is 24.3 Å². The quantitative estimate of drug-likeness (QED) is 0.811. The molecule has 15 heavy (non-hydrogen) atoms. The third-order valence-electron chi connectivity index (χ3n) is 2.20. The number of benzene rings is 1. The van der Waals surface area contributed by atoms with E-state index in [1.165, 1.54) is 12.1 Å². The van der Waals surface area contributed by atoms with Gasteiger partial charge in [-0.25, -0.2) is 4.39 Å². The molecule has 0 aliphatic rings. The number of halogens is 1. The average molecular weight is 209 g/mol. The summed E-state index contributed by atoms with van der Waals surface area (Å²) in [5.74, 6) is -0.265. The molecular formula is C12H16FNO. The third kappa shape index (κ3) is 3.70. The molecule has 0 aliphatic carbocycles. The van der Waals surface area contributed by atoms with Crippen molar-refractivity contribution in [1.29, 1.82) is 0 Å². The number of carbonyl (C=O) groups excluding carboxylic acids is 1. The Morgan fingerprint density at radius 3 is 2.87 bits per heavy atom. The SMILES string of the molecule is CCCC(=O)N[C@@H](C)c1cccc(F)c1. The second-order valence-corrected chi connectivity index (χ2v) is 3.59. The van der Waals surface area contributed by atoms with Crippen LogP contribution in [0.2, 0.25) is 0 Å². The largest absolute Gasteiger partial charge is 0.350 e. The summed E-state index contributed by atoms with van der Waals surface area (Å²) in [6.07, 6.45) is 1.33. The lowest BCUT2D eigenvalue weighted by molar-refractivity contribution is -0.121. The molecule has 1 rings (SSSR count). The number of rotatable bonds is 4. The van der Waals surface area contributed by atoms with Gasteiger partial charge in [0.25, 0.3) is 0 Å². The van der Waals surface area contributed by atoms with Crippen molar-refractivity contribution in [3.05, 3.63) is 35.6 Å². The van der Waals surface area contributed by atoms with E-state index in [-0.39, 0.29) is 17.8 Å². The summed E-state index contributed by atoms with van der Waals surface area (Å²) in [4.78, 5) is 11.3. The van der Waals surface area contributed by atoms with Gasteiger partial charge in [0.1, 0.15) is 5.82 Å². The molecule has 2 nitrogen and oxygen atoms in total. The zero-order chi connectivity index (χ0) is 11.3. The van der Waals surface area contributed by atoms with Gasteiger partial charge in [-0.3, -0.25) is 4.79 Å². The molecule has 0 bridgehead atoms. The number of amides is 1. The first kappa shape index (κ1) is 11.7. The molecule has 0 spiro atoms. The molecule has 3 heteroatoms. The molecule has 1 atom stereocenters. The van der Waals surface area contributed by atoms with Gasteiger partial charge in [0.15, 0.2) is 0 Å². The maximum atomic E-state index is 12.9. The van der Waals surface area contributed by atoms with Crippen LogP contribution in [0.25, 0.3) is 0 Å². The molecule has 0 saturated carbocycles. The van der Waals surface area contributed by atoms with Crippen molar-refractivity contribution in [2.45, 2.75) is 32.7 Å². The molecule has 0 heterocycles. The molecule has 0 saturated heterocycles. The Balaban J connectivity index is 2.60. The fraction of sp³-hybridized carbons (Fsp3) is 0.417. The van der Waals surface area contributed by atoms with Crippen molar-refractivity contribution in [1.82, 2.24) is 5.32 Å². The van der Waals surface area contributed by atoms with Gasteiger partial charge in [-0.2, -0.15) is 0 Å². The third-order valence-corrected chi connectivity index (χ3v) is 2.20. The molecular weight excluding hydrogens is 193 g/mol. The predicted molar refractivity (Wildman–Crippen MR) is 57.9 cm³/mol. The minimum atomic E-state index is -0.274. The van der Waals surface area contributed by atoms with Crippen LogP contribution >= 0.6 is 0 Å². The van der Waals surface area contributed by atoms with Crippen LogP contribution < -0.4 is 5.32 Å². The van der Waals surface area contributed by atoms with Gasteiger partial charge in [-0.15, -0.1) is 0 Å². The van der Waals surface area contributed by atoms with Crippen molar-refractivity contribution in [2.24, 2.45) is 0 Å². The van der Waals surface area contributed by atoms with E-state index in [9.17, 15) is 9.18 Å². The van der Waals surface area contributed by atoms with Crippen molar-refractivity contribution in [2.75, 3.05) is 0 Å². The molecule has 0 fully saturated rings.